The second kappa shape index (κ2) is 6.73. The van der Waals surface area contributed by atoms with Gasteiger partial charge in [0.1, 0.15) is 12.1 Å². The summed E-state index contributed by atoms with van der Waals surface area (Å²) in [7, 11) is 0. The first-order chi connectivity index (χ1) is 6.84. The maximum absolute atomic E-state index is 5.40. The molecule has 0 aliphatic carbocycles. The van der Waals surface area contributed by atoms with Crippen molar-refractivity contribution in [1.29, 1.82) is 0 Å². The van der Waals surface area contributed by atoms with Gasteiger partial charge in [-0.25, -0.2) is 9.97 Å². The van der Waals surface area contributed by atoms with E-state index >= 15 is 0 Å². The molecule has 4 nitrogen and oxygen atoms in total. The van der Waals surface area contributed by atoms with Gasteiger partial charge in [0.15, 0.2) is 0 Å². The number of nitrogens with one attached hydrogen (secondary N) is 1. The maximum Gasteiger partial charge on any atom is 0.143 e. The van der Waals surface area contributed by atoms with Crippen molar-refractivity contribution in [2.45, 2.75) is 19.3 Å². The smallest absolute Gasteiger partial charge is 0.143 e. The number of hydrogen-bond donors (Lipinski definition) is 2. The van der Waals surface area contributed by atoms with Gasteiger partial charge in [-0.15, -0.1) is 0 Å². The number of nitrogens with two attached hydrogens (primary N) is 1. The zero-order valence-corrected chi connectivity index (χ0v) is 9.63. The van der Waals surface area contributed by atoms with Crippen LogP contribution < -0.4 is 11.1 Å². The van der Waals surface area contributed by atoms with Gasteiger partial charge in [-0.3, -0.25) is 0 Å². The van der Waals surface area contributed by atoms with Crippen LogP contribution in [0.25, 0.3) is 0 Å². The molecule has 0 radical (unpaired) electrons. The Morgan fingerprint density at radius 1 is 1.36 bits per heavy atom. The van der Waals surface area contributed by atoms with E-state index in [9.17, 15) is 0 Å². The van der Waals surface area contributed by atoms with Gasteiger partial charge in [0.2, 0.25) is 0 Å². The van der Waals surface area contributed by atoms with E-state index in [-0.39, 0.29) is 0 Å². The molecule has 1 heterocycles. The third-order valence-corrected chi connectivity index (χ3v) is 2.42. The van der Waals surface area contributed by atoms with Gasteiger partial charge in [-0.2, -0.15) is 0 Å². The van der Waals surface area contributed by atoms with Crippen LogP contribution in [-0.2, 0) is 0 Å². The third kappa shape index (κ3) is 4.02. The van der Waals surface area contributed by atoms with Crippen LogP contribution in [0.4, 0.5) is 5.82 Å². The fraction of sp³-hybridized carbons (Fsp3) is 0.556. The van der Waals surface area contributed by atoms with Gasteiger partial charge in [-0.05, 0) is 35.3 Å². The van der Waals surface area contributed by atoms with Gasteiger partial charge in [0, 0.05) is 12.7 Å². The molecular weight excluding hydrogens is 244 g/mol. The van der Waals surface area contributed by atoms with Crippen LogP contribution in [0.2, 0.25) is 0 Å². The van der Waals surface area contributed by atoms with E-state index < -0.39 is 0 Å². The van der Waals surface area contributed by atoms with Crippen LogP contribution >= 0.6 is 15.9 Å². The highest BCUT2D eigenvalue weighted by molar-refractivity contribution is 9.10. The SMILES string of the molecule is NCCCCCNc1ncncc1Br. The summed E-state index contributed by atoms with van der Waals surface area (Å²) in [6.07, 6.45) is 6.63. The summed E-state index contributed by atoms with van der Waals surface area (Å²) in [5.41, 5.74) is 5.40. The number of hydrogen-bond acceptors (Lipinski definition) is 4. The Bertz CT molecular complexity index is 267. The Hall–Kier alpha value is -0.680. The van der Waals surface area contributed by atoms with Crippen molar-refractivity contribution >= 4 is 21.7 Å². The standard InChI is InChI=1S/C9H15BrN4/c10-8-6-12-7-14-9(8)13-5-3-1-2-4-11/h6-7H,1-5,11H2,(H,12,13,14). The van der Waals surface area contributed by atoms with Crippen molar-refractivity contribution in [3.8, 4) is 0 Å². The lowest BCUT2D eigenvalue weighted by Crippen LogP contribution is -2.05. The highest BCUT2D eigenvalue weighted by Crippen LogP contribution is 2.16. The molecule has 3 N–H and O–H groups in total. The van der Waals surface area contributed by atoms with E-state index in [4.69, 9.17) is 5.73 Å². The largest absolute Gasteiger partial charge is 0.369 e. The normalized spacial score (nSPS) is 10.1. The molecule has 0 spiro atoms. The summed E-state index contributed by atoms with van der Waals surface area (Å²) < 4.78 is 0.902. The summed E-state index contributed by atoms with van der Waals surface area (Å²) >= 11 is 3.37. The second-order valence-electron chi connectivity index (χ2n) is 3.00. The molecule has 5 heteroatoms. The average molecular weight is 259 g/mol. The van der Waals surface area contributed by atoms with Crippen LogP contribution in [0.15, 0.2) is 17.0 Å². The lowest BCUT2D eigenvalue weighted by Gasteiger charge is -2.05. The molecule has 0 amide bonds. The topological polar surface area (TPSA) is 63.8 Å². The van der Waals surface area contributed by atoms with Crippen LogP contribution in [0.5, 0.6) is 0 Å². The van der Waals surface area contributed by atoms with Crippen LogP contribution in [0, 0.1) is 0 Å². The van der Waals surface area contributed by atoms with E-state index in [1.807, 2.05) is 0 Å². The Labute approximate surface area is 92.5 Å². The number of halogens is 1. The molecule has 14 heavy (non-hydrogen) atoms. The molecule has 0 fully saturated rings. The summed E-state index contributed by atoms with van der Waals surface area (Å²) in [6.45, 7) is 1.70. The predicted octanol–water partition coefficient (Wildman–Crippen LogP) is 1.78. The molecule has 0 bridgehead atoms. The molecule has 0 saturated heterocycles. The molecule has 0 aromatic carbocycles. The fourth-order valence-electron chi connectivity index (χ4n) is 1.10. The van der Waals surface area contributed by atoms with Crippen molar-refractivity contribution in [1.82, 2.24) is 9.97 Å². The zero-order valence-electron chi connectivity index (χ0n) is 8.04. The van der Waals surface area contributed by atoms with Gasteiger partial charge in [0.05, 0.1) is 4.47 Å². The second-order valence-corrected chi connectivity index (χ2v) is 3.85. The first-order valence-electron chi connectivity index (χ1n) is 4.74. The Morgan fingerprint density at radius 3 is 2.93 bits per heavy atom. The average Bonchev–Trinajstić information content (AvgIpc) is 2.20. The van der Waals surface area contributed by atoms with Crippen molar-refractivity contribution in [3.63, 3.8) is 0 Å². The highest BCUT2D eigenvalue weighted by Gasteiger charge is 1.98. The van der Waals surface area contributed by atoms with Crippen LogP contribution in [0.3, 0.4) is 0 Å². The molecule has 1 rings (SSSR count). The van der Waals surface area contributed by atoms with Gasteiger partial charge in [0.25, 0.3) is 0 Å². The van der Waals surface area contributed by atoms with E-state index in [1.54, 1.807) is 6.20 Å². The number of anilines is 1. The van der Waals surface area contributed by atoms with Crippen molar-refractivity contribution in [3.05, 3.63) is 17.0 Å². The van der Waals surface area contributed by atoms with E-state index in [2.05, 4.69) is 31.2 Å². The van der Waals surface area contributed by atoms with Crippen molar-refractivity contribution in [2.75, 3.05) is 18.4 Å². The molecule has 78 valence electrons. The minimum Gasteiger partial charge on any atom is -0.369 e. The van der Waals surface area contributed by atoms with Gasteiger partial charge < -0.3 is 11.1 Å². The van der Waals surface area contributed by atoms with E-state index in [1.165, 1.54) is 6.33 Å². The number of unbranched alkanes of at least 4 members (excludes halogenated alkanes) is 2. The van der Waals surface area contributed by atoms with E-state index in [0.717, 1.165) is 42.6 Å². The van der Waals surface area contributed by atoms with Crippen molar-refractivity contribution < 1.29 is 0 Å². The molecule has 0 aliphatic heterocycles. The number of aromatic nitrogens is 2. The lowest BCUT2D eigenvalue weighted by atomic mass is 10.2. The summed E-state index contributed by atoms with van der Waals surface area (Å²) in [4.78, 5) is 7.99. The molecule has 0 atom stereocenters. The van der Waals surface area contributed by atoms with Gasteiger partial charge >= 0.3 is 0 Å². The zero-order chi connectivity index (χ0) is 10.2. The number of nitrogens with zero attached hydrogens (tertiary/aromatic N) is 2. The quantitative estimate of drug-likeness (QED) is 0.764. The van der Waals surface area contributed by atoms with E-state index in [0.29, 0.717) is 0 Å². The Kier molecular flexibility index (Phi) is 5.47. The van der Waals surface area contributed by atoms with Crippen molar-refractivity contribution in [2.24, 2.45) is 5.73 Å². The predicted molar refractivity (Wildman–Crippen MR) is 61.1 cm³/mol. The molecule has 0 saturated carbocycles. The fourth-order valence-corrected chi connectivity index (χ4v) is 1.46. The Morgan fingerprint density at radius 2 is 2.21 bits per heavy atom. The molecule has 1 aromatic rings. The monoisotopic (exact) mass is 258 g/mol. The minimum absolute atomic E-state index is 0.775. The molecule has 0 unspecified atom stereocenters. The highest BCUT2D eigenvalue weighted by atomic mass is 79.9. The van der Waals surface area contributed by atoms with Gasteiger partial charge in [-0.1, -0.05) is 6.42 Å². The summed E-state index contributed by atoms with van der Waals surface area (Å²) in [6, 6.07) is 0. The molecule has 0 aliphatic rings. The summed E-state index contributed by atoms with van der Waals surface area (Å²) in [5.74, 6) is 0.854. The Balaban J connectivity index is 2.21. The minimum atomic E-state index is 0.775. The first kappa shape index (κ1) is 11.4. The number of rotatable bonds is 6. The summed E-state index contributed by atoms with van der Waals surface area (Å²) in [5, 5.41) is 3.23. The van der Waals surface area contributed by atoms with Crippen LogP contribution in [0.1, 0.15) is 19.3 Å². The third-order valence-electron chi connectivity index (χ3n) is 1.84. The molecule has 1 aromatic heterocycles. The molecular formula is C9H15BrN4. The lowest BCUT2D eigenvalue weighted by molar-refractivity contribution is 0.706. The van der Waals surface area contributed by atoms with Crippen LogP contribution in [-0.4, -0.2) is 23.1 Å². The first-order valence-corrected chi connectivity index (χ1v) is 5.53. The maximum atomic E-state index is 5.40.